The van der Waals surface area contributed by atoms with Gasteiger partial charge in [-0.2, -0.15) is 0 Å². The van der Waals surface area contributed by atoms with Gasteiger partial charge in [0, 0.05) is 18.5 Å². The van der Waals surface area contributed by atoms with E-state index < -0.39 is 0 Å². The van der Waals surface area contributed by atoms with Crippen molar-refractivity contribution < 1.29 is 4.74 Å². The highest BCUT2D eigenvalue weighted by molar-refractivity contribution is 14.0. The van der Waals surface area contributed by atoms with Gasteiger partial charge in [-0.1, -0.05) is 31.2 Å². The van der Waals surface area contributed by atoms with Gasteiger partial charge in [0.25, 0.3) is 0 Å². The Hall–Kier alpha value is -1.28. The number of ether oxygens (including phenoxy) is 1. The quantitative estimate of drug-likeness (QED) is 0.273. The Morgan fingerprint density at radius 3 is 2.62 bits per heavy atom. The molecule has 0 radical (unpaired) electrons. The molecule has 0 fully saturated rings. The Morgan fingerprint density at radius 2 is 1.96 bits per heavy atom. The number of aliphatic imine (C=N–C) groups is 1. The van der Waals surface area contributed by atoms with Gasteiger partial charge in [0.2, 0.25) is 0 Å². The van der Waals surface area contributed by atoms with Crippen LogP contribution in [0.5, 0.6) is 5.75 Å². The van der Waals surface area contributed by atoms with E-state index in [2.05, 4.69) is 40.1 Å². The number of nitrogens with one attached hydrogen (secondary N) is 2. The molecule has 0 aliphatic heterocycles. The van der Waals surface area contributed by atoms with E-state index in [1.54, 1.807) is 7.05 Å². The number of hydrogen-bond acceptors (Lipinski definition) is 3. The molecule has 0 aliphatic carbocycles. The van der Waals surface area contributed by atoms with Crippen molar-refractivity contribution in [3.8, 4) is 5.75 Å². The Kier molecular flexibility index (Phi) is 10.5. The summed E-state index contributed by atoms with van der Waals surface area (Å²) in [6, 6.07) is 14.1. The van der Waals surface area contributed by atoms with Crippen LogP contribution in [0.4, 0.5) is 0 Å². The zero-order chi connectivity index (χ0) is 16.3. The molecular formula is C18H26IN3OS. The van der Waals surface area contributed by atoms with Gasteiger partial charge < -0.3 is 15.4 Å². The first-order valence-corrected chi connectivity index (χ1v) is 8.80. The number of guanidine groups is 1. The van der Waals surface area contributed by atoms with Crippen LogP contribution in [0.1, 0.15) is 11.8 Å². The summed E-state index contributed by atoms with van der Waals surface area (Å²) in [6.45, 7) is 4.47. The molecule has 1 aromatic heterocycles. The molecule has 24 heavy (non-hydrogen) atoms. The van der Waals surface area contributed by atoms with Gasteiger partial charge in [-0.3, -0.25) is 4.99 Å². The van der Waals surface area contributed by atoms with Gasteiger partial charge in [0.1, 0.15) is 12.4 Å². The highest BCUT2D eigenvalue weighted by Gasteiger charge is 2.06. The second-order valence-electron chi connectivity index (χ2n) is 5.43. The second-order valence-corrected chi connectivity index (χ2v) is 6.46. The first-order valence-electron chi connectivity index (χ1n) is 7.92. The summed E-state index contributed by atoms with van der Waals surface area (Å²) in [6.07, 6.45) is 1.10. The molecule has 0 spiro atoms. The van der Waals surface area contributed by atoms with E-state index in [4.69, 9.17) is 4.74 Å². The number of thiophene rings is 1. The fourth-order valence-corrected chi connectivity index (χ4v) is 3.06. The minimum absolute atomic E-state index is 0. The highest BCUT2D eigenvalue weighted by atomic mass is 127. The summed E-state index contributed by atoms with van der Waals surface area (Å²) in [5.74, 6) is 2.27. The van der Waals surface area contributed by atoms with E-state index in [0.29, 0.717) is 19.1 Å². The number of rotatable bonds is 8. The molecule has 1 unspecified atom stereocenters. The molecule has 132 valence electrons. The molecule has 6 heteroatoms. The van der Waals surface area contributed by atoms with Gasteiger partial charge in [-0.25, -0.2) is 0 Å². The van der Waals surface area contributed by atoms with E-state index in [0.717, 1.165) is 24.7 Å². The Labute approximate surface area is 165 Å². The van der Waals surface area contributed by atoms with E-state index in [1.165, 1.54) is 4.88 Å². The zero-order valence-corrected chi connectivity index (χ0v) is 17.3. The lowest BCUT2D eigenvalue weighted by atomic mass is 10.1. The summed E-state index contributed by atoms with van der Waals surface area (Å²) in [7, 11) is 1.79. The molecule has 2 rings (SSSR count). The van der Waals surface area contributed by atoms with Crippen molar-refractivity contribution in [2.24, 2.45) is 10.9 Å². The summed E-state index contributed by atoms with van der Waals surface area (Å²) in [5, 5.41) is 8.77. The van der Waals surface area contributed by atoms with Crippen LogP contribution in [0.2, 0.25) is 0 Å². The average molecular weight is 459 g/mol. The van der Waals surface area contributed by atoms with E-state index in [1.807, 2.05) is 41.7 Å². The fourth-order valence-electron chi connectivity index (χ4n) is 2.19. The maximum absolute atomic E-state index is 5.65. The van der Waals surface area contributed by atoms with Crippen LogP contribution < -0.4 is 15.4 Å². The molecule has 0 amide bonds. The maximum atomic E-state index is 5.65. The molecule has 2 N–H and O–H groups in total. The number of halogens is 1. The topological polar surface area (TPSA) is 45.7 Å². The predicted octanol–water partition coefficient (Wildman–Crippen LogP) is 3.79. The van der Waals surface area contributed by atoms with Crippen molar-refractivity contribution in [1.82, 2.24) is 10.6 Å². The lowest BCUT2D eigenvalue weighted by molar-refractivity contribution is 0.322. The molecule has 0 aliphatic rings. The van der Waals surface area contributed by atoms with Crippen LogP contribution in [0.25, 0.3) is 0 Å². The first-order chi connectivity index (χ1) is 11.3. The third-order valence-electron chi connectivity index (χ3n) is 3.38. The number of hydrogen-bond donors (Lipinski definition) is 2. The van der Waals surface area contributed by atoms with Crippen molar-refractivity contribution in [3.05, 3.63) is 52.7 Å². The van der Waals surface area contributed by atoms with Gasteiger partial charge in [0.15, 0.2) is 5.96 Å². The maximum Gasteiger partial charge on any atom is 0.191 e. The Balaban J connectivity index is 0.00000288. The number of para-hydroxylation sites is 1. The lowest BCUT2D eigenvalue weighted by Gasteiger charge is -2.15. The van der Waals surface area contributed by atoms with Crippen LogP contribution >= 0.6 is 35.3 Å². The average Bonchev–Trinajstić information content (AvgIpc) is 3.08. The SMILES string of the molecule is CN=C(NCCOc1ccccc1)NCC(C)Cc1cccs1.I. The van der Waals surface area contributed by atoms with Crippen molar-refractivity contribution in [2.75, 3.05) is 26.7 Å². The third kappa shape index (κ3) is 8.01. The molecule has 1 heterocycles. The molecule has 0 bridgehead atoms. The fraction of sp³-hybridized carbons (Fsp3) is 0.389. The van der Waals surface area contributed by atoms with Crippen molar-refractivity contribution in [1.29, 1.82) is 0 Å². The summed E-state index contributed by atoms with van der Waals surface area (Å²) >= 11 is 1.82. The first kappa shape index (κ1) is 20.8. The summed E-state index contributed by atoms with van der Waals surface area (Å²) < 4.78 is 5.65. The largest absolute Gasteiger partial charge is 0.492 e. The lowest BCUT2D eigenvalue weighted by Crippen LogP contribution is -2.41. The molecule has 0 saturated heterocycles. The molecular weight excluding hydrogens is 433 g/mol. The number of benzene rings is 1. The van der Waals surface area contributed by atoms with Crippen LogP contribution in [0.3, 0.4) is 0 Å². The zero-order valence-electron chi connectivity index (χ0n) is 14.2. The second kappa shape index (κ2) is 12.1. The van der Waals surface area contributed by atoms with Crippen LogP contribution in [-0.2, 0) is 6.42 Å². The molecule has 2 aromatic rings. The molecule has 0 saturated carbocycles. The smallest absolute Gasteiger partial charge is 0.191 e. The Bertz CT molecular complexity index is 575. The van der Waals surface area contributed by atoms with E-state index >= 15 is 0 Å². The molecule has 1 atom stereocenters. The van der Waals surface area contributed by atoms with E-state index in [-0.39, 0.29) is 24.0 Å². The predicted molar refractivity (Wildman–Crippen MR) is 114 cm³/mol. The van der Waals surface area contributed by atoms with E-state index in [9.17, 15) is 0 Å². The van der Waals surface area contributed by atoms with Crippen LogP contribution in [0.15, 0.2) is 52.8 Å². The van der Waals surface area contributed by atoms with Gasteiger partial charge in [-0.05, 0) is 35.9 Å². The number of nitrogens with zero attached hydrogens (tertiary/aromatic N) is 1. The third-order valence-corrected chi connectivity index (χ3v) is 4.28. The minimum Gasteiger partial charge on any atom is -0.492 e. The molecule has 1 aromatic carbocycles. The van der Waals surface area contributed by atoms with Gasteiger partial charge in [-0.15, -0.1) is 35.3 Å². The standard InChI is InChI=1S/C18H25N3OS.HI/c1-15(13-17-9-6-12-23-17)14-21-18(19-2)20-10-11-22-16-7-4-3-5-8-16;/h3-9,12,15H,10-11,13-14H2,1-2H3,(H2,19,20,21);1H. The molecule has 4 nitrogen and oxygen atoms in total. The monoisotopic (exact) mass is 459 g/mol. The van der Waals surface area contributed by atoms with Crippen molar-refractivity contribution in [2.45, 2.75) is 13.3 Å². The minimum atomic E-state index is 0. The van der Waals surface area contributed by atoms with Crippen LogP contribution in [0, 0.1) is 5.92 Å². The van der Waals surface area contributed by atoms with Crippen molar-refractivity contribution >= 4 is 41.3 Å². The highest BCUT2D eigenvalue weighted by Crippen LogP contribution is 2.13. The summed E-state index contributed by atoms with van der Waals surface area (Å²) in [5.41, 5.74) is 0. The summed E-state index contributed by atoms with van der Waals surface area (Å²) in [4.78, 5) is 5.67. The Morgan fingerprint density at radius 1 is 1.17 bits per heavy atom. The van der Waals surface area contributed by atoms with Crippen molar-refractivity contribution in [3.63, 3.8) is 0 Å². The van der Waals surface area contributed by atoms with Gasteiger partial charge >= 0.3 is 0 Å². The van der Waals surface area contributed by atoms with Gasteiger partial charge in [0.05, 0.1) is 6.54 Å². The normalized spacial score (nSPS) is 12.2. The van der Waals surface area contributed by atoms with Crippen LogP contribution in [-0.4, -0.2) is 32.7 Å².